The van der Waals surface area contributed by atoms with Crippen molar-refractivity contribution in [2.24, 2.45) is 0 Å². The molecule has 2 aliphatic rings. The second kappa shape index (κ2) is 30.5. The van der Waals surface area contributed by atoms with Crippen molar-refractivity contribution in [3.63, 3.8) is 0 Å². The summed E-state index contributed by atoms with van der Waals surface area (Å²) in [5.74, 6) is -0.819. The summed E-state index contributed by atoms with van der Waals surface area (Å²) in [5.41, 5.74) is 7.70. The van der Waals surface area contributed by atoms with Crippen LogP contribution in [0, 0.1) is 11.6 Å². The Morgan fingerprint density at radius 3 is 2.12 bits per heavy atom. The Bertz CT molecular complexity index is 2580. The van der Waals surface area contributed by atoms with Gasteiger partial charge in [-0.05, 0) is 109 Å². The van der Waals surface area contributed by atoms with Crippen LogP contribution in [0.3, 0.4) is 0 Å². The monoisotopic (exact) mass is 1060 g/mol. The average molecular weight is 1070 g/mol. The number of nitrogens with one attached hydrogen (secondary N) is 3. The fourth-order valence-electron chi connectivity index (χ4n) is 9.53. The van der Waals surface area contributed by atoms with E-state index in [4.69, 9.17) is 33.4 Å². The summed E-state index contributed by atoms with van der Waals surface area (Å²) in [6, 6.07) is 26.2. The van der Waals surface area contributed by atoms with E-state index in [1.54, 1.807) is 43.8 Å². The average Bonchev–Trinajstić information content (AvgIpc) is 3.82. The van der Waals surface area contributed by atoms with Crippen LogP contribution >= 0.6 is 0 Å². The zero-order valence-corrected chi connectivity index (χ0v) is 45.4. The van der Waals surface area contributed by atoms with Crippen molar-refractivity contribution < 1.29 is 46.8 Å². The molecule has 0 spiro atoms. The number of anilines is 2. The number of hydrogen-bond donors (Lipinski definition) is 3. The molecule has 7 rings (SSSR count). The van der Waals surface area contributed by atoms with Gasteiger partial charge in [-0.2, -0.15) is 0 Å². The van der Waals surface area contributed by atoms with E-state index in [-0.39, 0.29) is 40.9 Å². The number of fused-ring (bicyclic) bond motifs is 1. The Hall–Kier alpha value is -5.64. The molecule has 0 saturated carbocycles. The third-order valence-corrected chi connectivity index (χ3v) is 13.7. The van der Waals surface area contributed by atoms with Gasteiger partial charge < -0.3 is 49.3 Å². The lowest BCUT2D eigenvalue weighted by Gasteiger charge is -2.39. The molecule has 18 heteroatoms. The van der Waals surface area contributed by atoms with Crippen molar-refractivity contribution in [1.82, 2.24) is 30.4 Å². The number of likely N-dealkylation sites (N-methyl/N-ethyl adjacent to an activating group) is 1. The molecule has 3 N–H and O–H groups in total. The SMILES string of the molecule is COC[C@H]1CN[C@H](C)CN1CC(=O)N1CC(C)(C)c2nc(CN(C)CCOCCOCCOCCOCCOCCN[C@H](Cc3cccc(F)c3)C(=O)Nc3ccc(-c4ccncc4)cc3)c(Cc3ccc(F)cc3)cc21. The number of hydrogen-bond acceptors (Lipinski definition) is 14. The van der Waals surface area contributed by atoms with Crippen LogP contribution < -0.4 is 20.9 Å². The number of carbonyl (C=O) groups excluding carboxylic acids is 2. The lowest BCUT2D eigenvalue weighted by atomic mass is 9.90. The van der Waals surface area contributed by atoms with E-state index in [1.807, 2.05) is 48.3 Å². The quantitative estimate of drug-likeness (QED) is 0.0412. The summed E-state index contributed by atoms with van der Waals surface area (Å²) in [4.78, 5) is 43.2. The Morgan fingerprint density at radius 1 is 0.805 bits per heavy atom. The van der Waals surface area contributed by atoms with Gasteiger partial charge in [-0.15, -0.1) is 0 Å². The number of benzene rings is 3. The standard InChI is InChI=1S/C59H78F2N8O8/c1-43-38-68(52(37-64-43)41-72-5)40-56(70)69-42-59(2,3)57-55(69)36-48(33-44-9-13-49(60)14-10-44)54(66-57)39-67(4)22-24-74-26-28-76-30-32-77-31-29-75-27-25-73-23-21-63-53(35-45-7-6-8-50(61)34-45)58(71)65-51-15-11-46(12-16-51)47-17-19-62-20-18-47/h6-20,34,36,43,52-53,63-64H,21-33,35,37-42H2,1-5H3,(H,65,71)/t43-,52-,53-/m1/s1. The van der Waals surface area contributed by atoms with Gasteiger partial charge in [0.25, 0.3) is 0 Å². The molecule has 4 heterocycles. The van der Waals surface area contributed by atoms with Crippen LogP contribution in [0.5, 0.6) is 0 Å². The van der Waals surface area contributed by atoms with Crippen LogP contribution in [0.2, 0.25) is 0 Å². The van der Waals surface area contributed by atoms with Gasteiger partial charge in [0, 0.05) is 82.0 Å². The van der Waals surface area contributed by atoms with Crippen molar-refractivity contribution in [2.45, 2.75) is 63.7 Å². The first-order valence-electron chi connectivity index (χ1n) is 26.8. The zero-order chi connectivity index (χ0) is 54.4. The zero-order valence-electron chi connectivity index (χ0n) is 45.4. The molecule has 2 amide bonds. The normalized spacial score (nSPS) is 16.7. The van der Waals surface area contributed by atoms with Crippen molar-refractivity contribution in [1.29, 1.82) is 0 Å². The van der Waals surface area contributed by atoms with E-state index >= 15 is 0 Å². The predicted molar refractivity (Wildman–Crippen MR) is 294 cm³/mol. The summed E-state index contributed by atoms with van der Waals surface area (Å²) in [5, 5.41) is 9.76. The van der Waals surface area contributed by atoms with Crippen molar-refractivity contribution in [2.75, 3.05) is 136 Å². The molecule has 0 radical (unpaired) electrons. The third kappa shape index (κ3) is 18.8. The van der Waals surface area contributed by atoms with Crippen molar-refractivity contribution >= 4 is 23.2 Å². The number of piperazine rings is 1. The molecule has 2 aliphatic heterocycles. The number of pyridine rings is 2. The minimum absolute atomic E-state index is 0.0456. The molecule has 16 nitrogen and oxygen atoms in total. The van der Waals surface area contributed by atoms with Gasteiger partial charge in [0.2, 0.25) is 11.8 Å². The van der Waals surface area contributed by atoms with Crippen LogP contribution in [-0.2, 0) is 62.8 Å². The van der Waals surface area contributed by atoms with E-state index in [0.717, 1.165) is 52.4 Å². The van der Waals surface area contributed by atoms with Crippen molar-refractivity contribution in [3.8, 4) is 11.1 Å². The first-order valence-corrected chi connectivity index (χ1v) is 26.8. The molecule has 0 aliphatic carbocycles. The molecule has 0 unspecified atom stereocenters. The van der Waals surface area contributed by atoms with Crippen LogP contribution in [-0.4, -0.2) is 176 Å². The second-order valence-corrected chi connectivity index (χ2v) is 20.4. The molecule has 1 fully saturated rings. The number of aromatic nitrogens is 2. The number of carbonyl (C=O) groups is 2. The minimum Gasteiger partial charge on any atom is -0.383 e. The van der Waals surface area contributed by atoms with Gasteiger partial charge in [0.05, 0.1) is 102 Å². The lowest BCUT2D eigenvalue weighted by Crippen LogP contribution is -2.59. The molecular formula is C59H78F2N8O8. The van der Waals surface area contributed by atoms with Crippen LogP contribution in [0.1, 0.15) is 48.8 Å². The molecule has 416 valence electrons. The largest absolute Gasteiger partial charge is 0.383 e. The number of rotatable bonds is 32. The molecule has 2 aromatic heterocycles. The maximum Gasteiger partial charge on any atom is 0.241 e. The third-order valence-electron chi connectivity index (χ3n) is 13.7. The van der Waals surface area contributed by atoms with Gasteiger partial charge in [-0.1, -0.05) is 50.2 Å². The summed E-state index contributed by atoms with van der Waals surface area (Å²) in [7, 11) is 3.74. The molecule has 3 atom stereocenters. The lowest BCUT2D eigenvalue weighted by molar-refractivity contribution is -0.121. The number of amides is 2. The van der Waals surface area contributed by atoms with Gasteiger partial charge in [0.1, 0.15) is 11.6 Å². The second-order valence-electron chi connectivity index (χ2n) is 20.4. The maximum atomic E-state index is 14.1. The fourth-order valence-corrected chi connectivity index (χ4v) is 9.53. The number of nitrogens with zero attached hydrogens (tertiary/aromatic N) is 5. The summed E-state index contributed by atoms with van der Waals surface area (Å²) in [6.07, 6.45) is 4.33. The Kier molecular flexibility index (Phi) is 23.4. The molecule has 3 aromatic carbocycles. The highest BCUT2D eigenvalue weighted by molar-refractivity contribution is 5.97. The van der Waals surface area contributed by atoms with Gasteiger partial charge >= 0.3 is 0 Å². The Balaban J connectivity index is 0.750. The van der Waals surface area contributed by atoms with E-state index in [2.05, 4.69) is 57.6 Å². The van der Waals surface area contributed by atoms with Gasteiger partial charge in [-0.3, -0.25) is 29.4 Å². The van der Waals surface area contributed by atoms with E-state index in [0.29, 0.717) is 129 Å². The fraction of sp³-hybridized carbons (Fsp3) is 0.492. The van der Waals surface area contributed by atoms with E-state index in [1.165, 1.54) is 24.3 Å². The molecule has 5 aromatic rings. The summed E-state index contributed by atoms with van der Waals surface area (Å²) >= 11 is 0. The number of methoxy groups -OCH3 is 1. The number of halogens is 2. The first-order chi connectivity index (χ1) is 37.3. The van der Waals surface area contributed by atoms with Gasteiger partial charge in [-0.25, -0.2) is 8.78 Å². The van der Waals surface area contributed by atoms with E-state index in [9.17, 15) is 18.4 Å². The predicted octanol–water partition coefficient (Wildman–Crippen LogP) is 6.30. The molecular weight excluding hydrogens is 987 g/mol. The molecule has 1 saturated heterocycles. The van der Waals surface area contributed by atoms with Crippen molar-refractivity contribution in [3.05, 3.63) is 143 Å². The highest BCUT2D eigenvalue weighted by Gasteiger charge is 2.41. The molecule has 0 bridgehead atoms. The van der Waals surface area contributed by atoms with Crippen LogP contribution in [0.4, 0.5) is 20.2 Å². The Morgan fingerprint density at radius 2 is 1.45 bits per heavy atom. The van der Waals surface area contributed by atoms with Crippen LogP contribution in [0.25, 0.3) is 11.1 Å². The first kappa shape index (κ1) is 59.0. The molecule has 77 heavy (non-hydrogen) atoms. The van der Waals surface area contributed by atoms with Crippen LogP contribution in [0.15, 0.2) is 103 Å². The summed E-state index contributed by atoms with van der Waals surface area (Å²) in [6.45, 7) is 15.2. The maximum absolute atomic E-state index is 14.1. The summed E-state index contributed by atoms with van der Waals surface area (Å²) < 4.78 is 62.1. The van der Waals surface area contributed by atoms with E-state index < -0.39 is 6.04 Å². The topological polar surface area (TPSA) is 161 Å². The minimum atomic E-state index is -0.616. The highest BCUT2D eigenvalue weighted by Crippen LogP contribution is 2.41. The Labute approximate surface area is 453 Å². The van der Waals surface area contributed by atoms with Gasteiger partial charge in [0.15, 0.2) is 0 Å². The number of ether oxygens (including phenoxy) is 6. The smallest absolute Gasteiger partial charge is 0.241 e. The highest BCUT2D eigenvalue weighted by atomic mass is 19.1.